The fourth-order valence-electron chi connectivity index (χ4n) is 1.89. The van der Waals surface area contributed by atoms with Crippen molar-refractivity contribution in [2.75, 3.05) is 5.01 Å². The van der Waals surface area contributed by atoms with Gasteiger partial charge in [-0.05, 0) is 18.9 Å². The molecular weight excluding hydrogens is 204 g/mol. The summed E-state index contributed by atoms with van der Waals surface area (Å²) in [5, 5.41) is 5.51. The second kappa shape index (κ2) is 4.00. The van der Waals surface area contributed by atoms with E-state index < -0.39 is 0 Å². The van der Waals surface area contributed by atoms with Crippen LogP contribution < -0.4 is 5.01 Å². The molecule has 0 spiro atoms. The summed E-state index contributed by atoms with van der Waals surface area (Å²) < 4.78 is 0. The highest BCUT2D eigenvalue weighted by Crippen LogP contribution is 2.25. The minimum absolute atomic E-state index is 0.0429. The summed E-state index contributed by atoms with van der Waals surface area (Å²) in [6.45, 7) is 5.89. The summed E-state index contributed by atoms with van der Waals surface area (Å²) in [4.78, 5) is 20.1. The summed E-state index contributed by atoms with van der Waals surface area (Å²) >= 11 is 0. The van der Waals surface area contributed by atoms with E-state index >= 15 is 0 Å². The van der Waals surface area contributed by atoms with Crippen LogP contribution in [-0.2, 0) is 4.79 Å². The smallest absolute Gasteiger partial charge is 0.259 e. The maximum atomic E-state index is 12.1. The van der Waals surface area contributed by atoms with Gasteiger partial charge in [-0.1, -0.05) is 13.8 Å². The summed E-state index contributed by atoms with van der Waals surface area (Å²) in [6.07, 6.45) is 3.20. The van der Waals surface area contributed by atoms with Crippen molar-refractivity contribution in [3.8, 4) is 0 Å². The minimum atomic E-state index is -0.149. The Bertz CT molecular complexity index is 427. The maximum absolute atomic E-state index is 12.1. The number of amides is 1. The second-order valence-electron chi connectivity index (χ2n) is 4.16. The van der Waals surface area contributed by atoms with Crippen molar-refractivity contribution in [1.82, 2.24) is 9.97 Å². The van der Waals surface area contributed by atoms with E-state index in [-0.39, 0.29) is 17.7 Å². The van der Waals surface area contributed by atoms with Crippen molar-refractivity contribution in [3.63, 3.8) is 0 Å². The summed E-state index contributed by atoms with van der Waals surface area (Å²) in [7, 11) is 0. The maximum Gasteiger partial charge on any atom is 0.259 e. The van der Waals surface area contributed by atoms with Crippen molar-refractivity contribution in [2.45, 2.75) is 20.8 Å². The van der Waals surface area contributed by atoms with E-state index in [9.17, 15) is 4.79 Å². The first kappa shape index (κ1) is 10.7. The van der Waals surface area contributed by atoms with Crippen LogP contribution in [0.3, 0.4) is 0 Å². The molecule has 1 aromatic heterocycles. The standard InChI is InChI=1S/C11H14N4O/c1-7(2)9-8(3)14-15(10(9)16)11-12-5-4-6-13-11/h4-7,9H,1-3H3. The summed E-state index contributed by atoms with van der Waals surface area (Å²) in [5.41, 5.74) is 0.826. The molecular formula is C11H14N4O. The van der Waals surface area contributed by atoms with Gasteiger partial charge in [-0.25, -0.2) is 9.97 Å². The number of rotatable bonds is 2. The molecule has 0 bridgehead atoms. The Morgan fingerprint density at radius 3 is 2.44 bits per heavy atom. The fourth-order valence-corrected chi connectivity index (χ4v) is 1.89. The molecule has 2 heterocycles. The van der Waals surface area contributed by atoms with Crippen LogP contribution in [0.1, 0.15) is 20.8 Å². The van der Waals surface area contributed by atoms with Gasteiger partial charge in [0.15, 0.2) is 0 Å². The third-order valence-electron chi connectivity index (χ3n) is 2.59. The van der Waals surface area contributed by atoms with Crippen LogP contribution in [0.2, 0.25) is 0 Å². The lowest BCUT2D eigenvalue weighted by Gasteiger charge is -2.14. The zero-order chi connectivity index (χ0) is 11.7. The number of carbonyl (C=O) groups excluding carboxylic acids is 1. The molecule has 0 aromatic carbocycles. The van der Waals surface area contributed by atoms with Crippen LogP contribution in [-0.4, -0.2) is 21.6 Å². The summed E-state index contributed by atoms with van der Waals surface area (Å²) in [6, 6.07) is 1.71. The molecule has 0 N–H and O–H groups in total. The van der Waals surface area contributed by atoms with Gasteiger partial charge in [-0.3, -0.25) is 4.79 Å². The third kappa shape index (κ3) is 1.68. The van der Waals surface area contributed by atoms with Crippen molar-refractivity contribution in [1.29, 1.82) is 0 Å². The van der Waals surface area contributed by atoms with Crippen LogP contribution >= 0.6 is 0 Å². The number of nitrogens with zero attached hydrogens (tertiary/aromatic N) is 4. The molecule has 5 heteroatoms. The van der Waals surface area contributed by atoms with Crippen LogP contribution in [0.4, 0.5) is 5.95 Å². The number of hydrogen-bond acceptors (Lipinski definition) is 4. The molecule has 16 heavy (non-hydrogen) atoms. The van der Waals surface area contributed by atoms with Gasteiger partial charge < -0.3 is 0 Å². The molecule has 0 radical (unpaired) electrons. The number of carbonyl (C=O) groups is 1. The van der Waals surface area contributed by atoms with Gasteiger partial charge in [0, 0.05) is 18.1 Å². The van der Waals surface area contributed by atoms with Gasteiger partial charge in [-0.2, -0.15) is 10.1 Å². The molecule has 0 saturated heterocycles. The zero-order valence-corrected chi connectivity index (χ0v) is 9.58. The van der Waals surface area contributed by atoms with Gasteiger partial charge in [0.1, 0.15) is 0 Å². The number of anilines is 1. The van der Waals surface area contributed by atoms with E-state index in [1.165, 1.54) is 5.01 Å². The lowest BCUT2D eigenvalue weighted by Crippen LogP contribution is -2.31. The van der Waals surface area contributed by atoms with Crippen LogP contribution in [0.15, 0.2) is 23.6 Å². The van der Waals surface area contributed by atoms with E-state index in [1.807, 2.05) is 20.8 Å². The van der Waals surface area contributed by atoms with Crippen LogP contribution in [0.5, 0.6) is 0 Å². The van der Waals surface area contributed by atoms with E-state index in [0.29, 0.717) is 5.95 Å². The van der Waals surface area contributed by atoms with Gasteiger partial charge >= 0.3 is 0 Å². The van der Waals surface area contributed by atoms with Crippen molar-refractivity contribution < 1.29 is 4.79 Å². The Kier molecular flexibility index (Phi) is 2.68. The Labute approximate surface area is 94.2 Å². The quantitative estimate of drug-likeness (QED) is 0.755. The average Bonchev–Trinajstić information content (AvgIpc) is 2.55. The zero-order valence-electron chi connectivity index (χ0n) is 9.58. The SMILES string of the molecule is CC1=NN(c2ncccn2)C(=O)C1C(C)C. The monoisotopic (exact) mass is 218 g/mol. The van der Waals surface area contributed by atoms with Crippen molar-refractivity contribution >= 4 is 17.6 Å². The molecule has 1 aromatic rings. The molecule has 1 aliphatic heterocycles. The van der Waals surface area contributed by atoms with Crippen molar-refractivity contribution in [2.24, 2.45) is 16.9 Å². The fraction of sp³-hybridized carbons (Fsp3) is 0.455. The molecule has 1 unspecified atom stereocenters. The van der Waals surface area contributed by atoms with Gasteiger partial charge in [0.25, 0.3) is 11.9 Å². The molecule has 84 valence electrons. The molecule has 2 rings (SSSR count). The Morgan fingerprint density at radius 1 is 1.31 bits per heavy atom. The average molecular weight is 218 g/mol. The molecule has 5 nitrogen and oxygen atoms in total. The predicted molar refractivity (Wildman–Crippen MR) is 61.0 cm³/mol. The van der Waals surface area contributed by atoms with Gasteiger partial charge in [0.05, 0.1) is 5.92 Å². The Morgan fingerprint density at radius 2 is 1.94 bits per heavy atom. The van der Waals surface area contributed by atoms with Crippen molar-refractivity contribution in [3.05, 3.63) is 18.5 Å². The normalized spacial score (nSPS) is 20.5. The largest absolute Gasteiger partial charge is 0.272 e. The molecule has 1 atom stereocenters. The van der Waals surface area contributed by atoms with E-state index in [0.717, 1.165) is 5.71 Å². The topological polar surface area (TPSA) is 58.5 Å². The van der Waals surface area contributed by atoms with Crippen LogP contribution in [0, 0.1) is 11.8 Å². The van der Waals surface area contributed by atoms with Gasteiger partial charge in [0.2, 0.25) is 0 Å². The van der Waals surface area contributed by atoms with Gasteiger partial charge in [-0.15, -0.1) is 0 Å². The van der Waals surface area contributed by atoms with E-state index in [1.54, 1.807) is 18.5 Å². The Balaban J connectivity index is 2.31. The first-order valence-corrected chi connectivity index (χ1v) is 5.27. The first-order valence-electron chi connectivity index (χ1n) is 5.27. The third-order valence-corrected chi connectivity index (χ3v) is 2.59. The molecule has 1 amide bonds. The predicted octanol–water partition coefficient (Wildman–Crippen LogP) is 1.47. The van der Waals surface area contributed by atoms with Crippen LogP contribution in [0.25, 0.3) is 0 Å². The van der Waals surface area contributed by atoms with E-state index in [2.05, 4.69) is 15.1 Å². The lowest BCUT2D eigenvalue weighted by molar-refractivity contribution is -0.120. The molecule has 0 saturated carbocycles. The second-order valence-corrected chi connectivity index (χ2v) is 4.16. The first-order chi connectivity index (χ1) is 7.61. The Hall–Kier alpha value is -1.78. The lowest BCUT2D eigenvalue weighted by atomic mass is 9.92. The number of hydrogen-bond donors (Lipinski definition) is 0. The number of aromatic nitrogens is 2. The molecule has 1 aliphatic rings. The number of hydrazone groups is 1. The highest BCUT2D eigenvalue weighted by Gasteiger charge is 2.37. The molecule has 0 fully saturated rings. The summed E-state index contributed by atoms with van der Waals surface area (Å²) in [5.74, 6) is 0.391. The van der Waals surface area contributed by atoms with E-state index in [4.69, 9.17) is 0 Å². The molecule has 0 aliphatic carbocycles. The highest BCUT2D eigenvalue weighted by molar-refractivity contribution is 6.14. The minimum Gasteiger partial charge on any atom is -0.272 e. The highest BCUT2D eigenvalue weighted by atomic mass is 16.2.